The molecule has 2 heterocycles. The van der Waals surface area contributed by atoms with Gasteiger partial charge in [-0.05, 0) is 24.5 Å². The number of hydrogen-bond acceptors (Lipinski definition) is 3. The van der Waals surface area contributed by atoms with E-state index in [-0.39, 0.29) is 6.04 Å². The van der Waals surface area contributed by atoms with Crippen LogP contribution in [0.3, 0.4) is 0 Å². The van der Waals surface area contributed by atoms with Gasteiger partial charge in [0.05, 0.1) is 6.54 Å². The number of nitrogens with one attached hydrogen (secondary N) is 1. The highest BCUT2D eigenvalue weighted by molar-refractivity contribution is 7.87. The molecule has 0 spiro atoms. The second-order valence-corrected chi connectivity index (χ2v) is 7.15. The second-order valence-electron chi connectivity index (χ2n) is 5.45. The van der Waals surface area contributed by atoms with Gasteiger partial charge in [0, 0.05) is 31.5 Å². The molecule has 1 aliphatic heterocycles. The molecule has 22 heavy (non-hydrogen) atoms. The normalized spacial score (nSPS) is 19.5. The lowest BCUT2D eigenvalue weighted by atomic mass is 10.2. The molecule has 1 saturated heterocycles. The van der Waals surface area contributed by atoms with E-state index in [0.717, 1.165) is 18.4 Å². The van der Waals surface area contributed by atoms with Crippen molar-refractivity contribution >= 4 is 10.2 Å². The maximum atomic E-state index is 12.5. The fraction of sp³-hybridized carbons (Fsp3) is 0.400. The first-order valence-corrected chi connectivity index (χ1v) is 8.87. The standard InChI is InChI=1S/C15H20N4O2S/c20-22(21,17-12-14-6-2-1-3-7-14)19-11-4-8-15(19)13-18-10-5-9-16-18/h1-3,5-7,9-10,15,17H,4,8,11-13H2/t15-/m1/s1. The van der Waals surface area contributed by atoms with Gasteiger partial charge in [-0.25, -0.2) is 0 Å². The summed E-state index contributed by atoms with van der Waals surface area (Å²) in [7, 11) is -3.47. The molecular formula is C15H20N4O2S. The number of nitrogens with zero attached hydrogens (tertiary/aromatic N) is 3. The molecule has 1 aromatic heterocycles. The van der Waals surface area contributed by atoms with Crippen molar-refractivity contribution < 1.29 is 8.42 Å². The van der Waals surface area contributed by atoms with E-state index in [1.54, 1.807) is 15.2 Å². The lowest BCUT2D eigenvalue weighted by Gasteiger charge is -2.24. The maximum Gasteiger partial charge on any atom is 0.280 e. The molecule has 0 amide bonds. The Kier molecular flexibility index (Phi) is 4.56. The second kappa shape index (κ2) is 6.60. The molecule has 1 fully saturated rings. The summed E-state index contributed by atoms with van der Waals surface area (Å²) in [6.07, 6.45) is 5.33. The molecule has 1 aliphatic rings. The molecule has 7 heteroatoms. The zero-order valence-corrected chi connectivity index (χ0v) is 13.1. The average Bonchev–Trinajstić information content (AvgIpc) is 3.19. The van der Waals surface area contributed by atoms with E-state index in [2.05, 4.69) is 9.82 Å². The van der Waals surface area contributed by atoms with Crippen molar-refractivity contribution in [2.75, 3.05) is 6.54 Å². The number of hydrogen-bond donors (Lipinski definition) is 1. The summed E-state index contributed by atoms with van der Waals surface area (Å²) >= 11 is 0. The molecule has 118 valence electrons. The molecule has 3 rings (SSSR count). The van der Waals surface area contributed by atoms with Gasteiger partial charge in [-0.1, -0.05) is 30.3 Å². The van der Waals surface area contributed by atoms with Crippen LogP contribution in [0.1, 0.15) is 18.4 Å². The average molecular weight is 320 g/mol. The summed E-state index contributed by atoms with van der Waals surface area (Å²) < 4.78 is 31.1. The van der Waals surface area contributed by atoms with Crippen molar-refractivity contribution in [1.29, 1.82) is 0 Å². The van der Waals surface area contributed by atoms with Crippen LogP contribution in [0.25, 0.3) is 0 Å². The Balaban J connectivity index is 1.65. The van der Waals surface area contributed by atoms with Crippen LogP contribution in [0, 0.1) is 0 Å². The first-order chi connectivity index (χ1) is 10.6. The van der Waals surface area contributed by atoms with Crippen LogP contribution in [0.2, 0.25) is 0 Å². The molecule has 0 unspecified atom stereocenters. The van der Waals surface area contributed by atoms with Crippen LogP contribution >= 0.6 is 0 Å². The van der Waals surface area contributed by atoms with Crippen molar-refractivity contribution in [3.63, 3.8) is 0 Å². The molecule has 2 aromatic rings. The smallest absolute Gasteiger partial charge is 0.271 e. The van der Waals surface area contributed by atoms with Gasteiger partial charge in [0.25, 0.3) is 10.2 Å². The monoisotopic (exact) mass is 320 g/mol. The Labute approximate surface area is 130 Å². The van der Waals surface area contributed by atoms with Gasteiger partial charge in [0.1, 0.15) is 0 Å². The molecule has 1 atom stereocenters. The van der Waals surface area contributed by atoms with Gasteiger partial charge in [-0.2, -0.15) is 22.5 Å². The van der Waals surface area contributed by atoms with E-state index < -0.39 is 10.2 Å². The first-order valence-electron chi connectivity index (χ1n) is 7.43. The fourth-order valence-electron chi connectivity index (χ4n) is 2.79. The zero-order chi connectivity index (χ0) is 15.4. The highest BCUT2D eigenvalue weighted by atomic mass is 32.2. The maximum absolute atomic E-state index is 12.5. The topological polar surface area (TPSA) is 67.2 Å². The van der Waals surface area contributed by atoms with Gasteiger partial charge in [0.15, 0.2) is 0 Å². The third-order valence-corrected chi connectivity index (χ3v) is 5.50. The largest absolute Gasteiger partial charge is 0.280 e. The van der Waals surface area contributed by atoms with Gasteiger partial charge in [0.2, 0.25) is 0 Å². The van der Waals surface area contributed by atoms with Crippen LogP contribution in [-0.4, -0.2) is 35.1 Å². The highest BCUT2D eigenvalue weighted by Crippen LogP contribution is 2.21. The number of rotatable bonds is 6. The van der Waals surface area contributed by atoms with Crippen molar-refractivity contribution in [2.45, 2.75) is 32.0 Å². The van der Waals surface area contributed by atoms with Crippen LogP contribution in [0.15, 0.2) is 48.8 Å². The van der Waals surface area contributed by atoms with Crippen molar-refractivity contribution in [3.05, 3.63) is 54.4 Å². The lowest BCUT2D eigenvalue weighted by molar-refractivity contribution is 0.336. The Bertz CT molecular complexity index is 686. The molecule has 0 radical (unpaired) electrons. The first kappa shape index (κ1) is 15.2. The van der Waals surface area contributed by atoms with Crippen molar-refractivity contribution in [2.24, 2.45) is 0 Å². The Hall–Kier alpha value is -1.70. The minimum absolute atomic E-state index is 0.0341. The van der Waals surface area contributed by atoms with Crippen LogP contribution < -0.4 is 4.72 Å². The van der Waals surface area contributed by atoms with Crippen molar-refractivity contribution in [3.8, 4) is 0 Å². The number of aromatic nitrogens is 2. The summed E-state index contributed by atoms with van der Waals surface area (Å²) in [6.45, 7) is 1.48. The molecule has 6 nitrogen and oxygen atoms in total. The van der Waals surface area contributed by atoms with E-state index >= 15 is 0 Å². The minimum atomic E-state index is -3.47. The van der Waals surface area contributed by atoms with E-state index in [9.17, 15) is 8.42 Å². The van der Waals surface area contributed by atoms with Crippen molar-refractivity contribution in [1.82, 2.24) is 18.8 Å². The summed E-state index contributed by atoms with van der Waals surface area (Å²) in [5.74, 6) is 0. The third-order valence-electron chi connectivity index (χ3n) is 3.89. The predicted molar refractivity (Wildman–Crippen MR) is 84.2 cm³/mol. The SMILES string of the molecule is O=S(=O)(NCc1ccccc1)N1CCC[C@@H]1Cn1cccn1. The van der Waals surface area contributed by atoms with E-state index in [4.69, 9.17) is 0 Å². The quantitative estimate of drug-likeness (QED) is 0.874. The molecule has 1 N–H and O–H groups in total. The van der Waals surface area contributed by atoms with Crippen LogP contribution in [0.4, 0.5) is 0 Å². The van der Waals surface area contributed by atoms with Crippen LogP contribution in [-0.2, 0) is 23.3 Å². The van der Waals surface area contributed by atoms with E-state index in [0.29, 0.717) is 19.6 Å². The summed E-state index contributed by atoms with van der Waals surface area (Å²) in [6, 6.07) is 11.4. The Morgan fingerprint density at radius 3 is 2.77 bits per heavy atom. The molecule has 0 aliphatic carbocycles. The third kappa shape index (κ3) is 3.55. The zero-order valence-electron chi connectivity index (χ0n) is 12.3. The predicted octanol–water partition coefficient (Wildman–Crippen LogP) is 1.38. The van der Waals surface area contributed by atoms with E-state index in [1.165, 1.54) is 0 Å². The Morgan fingerprint density at radius 2 is 2.05 bits per heavy atom. The molecular weight excluding hydrogens is 300 g/mol. The number of benzene rings is 1. The summed E-state index contributed by atoms with van der Waals surface area (Å²) in [5.41, 5.74) is 0.953. The van der Waals surface area contributed by atoms with Gasteiger partial charge >= 0.3 is 0 Å². The molecule has 0 bridgehead atoms. The highest BCUT2D eigenvalue weighted by Gasteiger charge is 2.34. The molecule has 0 saturated carbocycles. The minimum Gasteiger partial charge on any atom is -0.271 e. The van der Waals surface area contributed by atoms with Gasteiger partial charge in [-0.3, -0.25) is 4.68 Å². The fourth-order valence-corrected chi connectivity index (χ4v) is 4.23. The van der Waals surface area contributed by atoms with Crippen LogP contribution in [0.5, 0.6) is 0 Å². The molecule has 1 aromatic carbocycles. The summed E-state index contributed by atoms with van der Waals surface area (Å²) in [5, 5.41) is 4.16. The Morgan fingerprint density at radius 1 is 1.23 bits per heavy atom. The van der Waals surface area contributed by atoms with E-state index in [1.807, 2.05) is 42.6 Å². The van der Waals surface area contributed by atoms with Gasteiger partial charge in [-0.15, -0.1) is 0 Å². The summed E-state index contributed by atoms with van der Waals surface area (Å²) in [4.78, 5) is 0. The van der Waals surface area contributed by atoms with Gasteiger partial charge < -0.3 is 0 Å². The lowest BCUT2D eigenvalue weighted by Crippen LogP contribution is -2.44.